The van der Waals surface area contributed by atoms with Gasteiger partial charge in [0.2, 0.25) is 0 Å². The summed E-state index contributed by atoms with van der Waals surface area (Å²) in [6.45, 7) is 16.7. The molecular formula is C17H34N4O. The molecule has 1 aromatic rings. The largest absolute Gasteiger partial charge is 0.376 e. The Bertz CT molecular complexity index is 451. The number of ether oxygens (including phenoxy) is 1. The first-order valence-electron chi connectivity index (χ1n) is 8.32. The van der Waals surface area contributed by atoms with Crippen LogP contribution in [0.1, 0.15) is 67.0 Å². The van der Waals surface area contributed by atoms with Crippen LogP contribution >= 0.6 is 0 Å². The Morgan fingerprint density at radius 1 is 1.27 bits per heavy atom. The van der Waals surface area contributed by atoms with Crippen LogP contribution in [0, 0.1) is 0 Å². The lowest BCUT2D eigenvalue weighted by Gasteiger charge is -2.27. The van der Waals surface area contributed by atoms with Gasteiger partial charge in [0.1, 0.15) is 0 Å². The molecule has 1 aromatic heterocycles. The SMILES string of the molecule is CCC(C)(C)OCCC(C)(C)c1cn(CN(C)C(C)C)nn1. The molecule has 0 fully saturated rings. The highest BCUT2D eigenvalue weighted by Crippen LogP contribution is 2.26. The van der Waals surface area contributed by atoms with Gasteiger partial charge in [-0.1, -0.05) is 26.0 Å². The molecule has 1 heterocycles. The minimum absolute atomic E-state index is 0.0293. The molecule has 0 unspecified atom stereocenters. The minimum Gasteiger partial charge on any atom is -0.376 e. The average molecular weight is 310 g/mol. The highest BCUT2D eigenvalue weighted by Gasteiger charge is 2.26. The van der Waals surface area contributed by atoms with E-state index in [1.807, 2.05) is 4.68 Å². The summed E-state index contributed by atoms with van der Waals surface area (Å²) in [5.41, 5.74) is 0.953. The van der Waals surface area contributed by atoms with Gasteiger partial charge in [-0.2, -0.15) is 0 Å². The van der Waals surface area contributed by atoms with Gasteiger partial charge in [-0.15, -0.1) is 5.10 Å². The first-order chi connectivity index (χ1) is 10.1. The molecule has 128 valence electrons. The molecule has 1 rings (SSSR count). The second kappa shape index (κ2) is 7.55. The summed E-state index contributed by atoms with van der Waals surface area (Å²) in [6.07, 6.45) is 4.02. The fourth-order valence-corrected chi connectivity index (χ4v) is 1.88. The van der Waals surface area contributed by atoms with E-state index in [0.29, 0.717) is 6.04 Å². The van der Waals surface area contributed by atoms with E-state index in [2.05, 4.69) is 76.9 Å². The van der Waals surface area contributed by atoms with Gasteiger partial charge in [0, 0.05) is 18.1 Å². The third-order valence-corrected chi connectivity index (χ3v) is 4.55. The maximum atomic E-state index is 5.98. The van der Waals surface area contributed by atoms with Crippen LogP contribution in [0.3, 0.4) is 0 Å². The number of rotatable bonds is 9. The number of nitrogens with zero attached hydrogens (tertiary/aromatic N) is 4. The zero-order chi connectivity index (χ0) is 17.0. The zero-order valence-electron chi connectivity index (χ0n) is 15.7. The van der Waals surface area contributed by atoms with E-state index in [9.17, 15) is 0 Å². The molecule has 0 amide bonds. The maximum absolute atomic E-state index is 5.98. The van der Waals surface area contributed by atoms with Crippen molar-refractivity contribution >= 4 is 0 Å². The summed E-state index contributed by atoms with van der Waals surface area (Å²) in [5, 5.41) is 8.63. The van der Waals surface area contributed by atoms with Crippen LogP contribution in [0.2, 0.25) is 0 Å². The minimum atomic E-state index is -0.0479. The van der Waals surface area contributed by atoms with E-state index in [0.717, 1.165) is 31.8 Å². The smallest absolute Gasteiger partial charge is 0.0946 e. The summed E-state index contributed by atoms with van der Waals surface area (Å²) in [4.78, 5) is 2.23. The Labute approximate surface area is 136 Å². The van der Waals surface area contributed by atoms with Crippen LogP contribution in [0.25, 0.3) is 0 Å². The second-order valence-corrected chi connectivity index (χ2v) is 7.73. The van der Waals surface area contributed by atoms with Crippen molar-refractivity contribution in [2.45, 2.75) is 85.0 Å². The lowest BCUT2D eigenvalue weighted by molar-refractivity contribution is -0.0265. The molecule has 0 bridgehead atoms. The molecule has 0 aliphatic rings. The fraction of sp³-hybridized carbons (Fsp3) is 0.882. The topological polar surface area (TPSA) is 43.2 Å². The number of hydrogen-bond acceptors (Lipinski definition) is 4. The van der Waals surface area contributed by atoms with E-state index in [4.69, 9.17) is 4.74 Å². The molecule has 0 spiro atoms. The molecule has 0 N–H and O–H groups in total. The Kier molecular flexibility index (Phi) is 6.56. The van der Waals surface area contributed by atoms with Crippen molar-refractivity contribution in [3.05, 3.63) is 11.9 Å². The lowest BCUT2D eigenvalue weighted by Crippen LogP contribution is -2.29. The monoisotopic (exact) mass is 310 g/mol. The zero-order valence-corrected chi connectivity index (χ0v) is 15.7. The Morgan fingerprint density at radius 3 is 2.45 bits per heavy atom. The van der Waals surface area contributed by atoms with E-state index in [1.165, 1.54) is 0 Å². The van der Waals surface area contributed by atoms with E-state index in [1.54, 1.807) is 0 Å². The van der Waals surface area contributed by atoms with Crippen molar-refractivity contribution in [3.63, 3.8) is 0 Å². The standard InChI is InChI=1S/C17H34N4O/c1-9-17(6,7)22-11-10-16(4,5)15-12-21(19-18-15)13-20(8)14(2)3/h12,14H,9-11,13H2,1-8H3. The van der Waals surface area contributed by atoms with Crippen LogP contribution in [0.15, 0.2) is 6.20 Å². The van der Waals surface area contributed by atoms with Gasteiger partial charge in [-0.3, -0.25) is 4.90 Å². The summed E-state index contributed by atoms with van der Waals surface area (Å²) in [5.74, 6) is 0. The maximum Gasteiger partial charge on any atom is 0.0946 e. The van der Waals surface area contributed by atoms with Crippen molar-refractivity contribution in [2.24, 2.45) is 0 Å². The van der Waals surface area contributed by atoms with Crippen molar-refractivity contribution in [1.82, 2.24) is 19.9 Å². The van der Waals surface area contributed by atoms with Crippen LogP contribution < -0.4 is 0 Å². The van der Waals surface area contributed by atoms with Crippen LogP contribution in [-0.2, 0) is 16.8 Å². The van der Waals surface area contributed by atoms with Crippen molar-refractivity contribution < 1.29 is 4.74 Å². The molecule has 0 saturated heterocycles. The quantitative estimate of drug-likeness (QED) is 0.700. The van der Waals surface area contributed by atoms with Crippen molar-refractivity contribution in [3.8, 4) is 0 Å². The Morgan fingerprint density at radius 2 is 1.91 bits per heavy atom. The summed E-state index contributed by atoms with van der Waals surface area (Å²) in [6, 6.07) is 0.491. The normalized spacial score (nSPS) is 13.4. The molecule has 0 saturated carbocycles. The molecule has 0 aliphatic carbocycles. The van der Waals surface area contributed by atoms with Gasteiger partial charge in [-0.25, -0.2) is 4.68 Å². The Balaban J connectivity index is 2.60. The van der Waals surface area contributed by atoms with Crippen molar-refractivity contribution in [1.29, 1.82) is 0 Å². The molecule has 0 atom stereocenters. The van der Waals surface area contributed by atoms with Crippen LogP contribution in [-0.4, -0.2) is 45.2 Å². The average Bonchev–Trinajstić information content (AvgIpc) is 2.87. The molecule has 0 aromatic carbocycles. The fourth-order valence-electron chi connectivity index (χ4n) is 1.88. The highest BCUT2D eigenvalue weighted by atomic mass is 16.5. The van der Waals surface area contributed by atoms with Crippen LogP contribution in [0.5, 0.6) is 0 Å². The Hall–Kier alpha value is -0.940. The van der Waals surface area contributed by atoms with Gasteiger partial charge in [0.15, 0.2) is 0 Å². The predicted octanol–water partition coefficient (Wildman–Crippen LogP) is 3.45. The van der Waals surface area contributed by atoms with Gasteiger partial charge < -0.3 is 4.74 Å². The third-order valence-electron chi connectivity index (χ3n) is 4.55. The van der Waals surface area contributed by atoms with Gasteiger partial charge in [0.25, 0.3) is 0 Å². The van der Waals surface area contributed by atoms with E-state index < -0.39 is 0 Å². The van der Waals surface area contributed by atoms with Gasteiger partial charge in [-0.05, 0) is 47.6 Å². The molecule has 22 heavy (non-hydrogen) atoms. The van der Waals surface area contributed by atoms with Crippen molar-refractivity contribution in [2.75, 3.05) is 13.7 Å². The molecular weight excluding hydrogens is 276 g/mol. The number of hydrogen-bond donors (Lipinski definition) is 0. The summed E-state index contributed by atoms with van der Waals surface area (Å²) < 4.78 is 7.89. The molecule has 0 radical (unpaired) electrons. The predicted molar refractivity (Wildman–Crippen MR) is 90.9 cm³/mol. The first-order valence-corrected chi connectivity index (χ1v) is 8.32. The summed E-state index contributed by atoms with van der Waals surface area (Å²) >= 11 is 0. The molecule has 0 aliphatic heterocycles. The van der Waals surface area contributed by atoms with Gasteiger partial charge in [0.05, 0.1) is 24.2 Å². The van der Waals surface area contributed by atoms with Crippen LogP contribution in [0.4, 0.5) is 0 Å². The van der Waals surface area contributed by atoms with Gasteiger partial charge >= 0.3 is 0 Å². The third kappa shape index (κ3) is 5.69. The first kappa shape index (κ1) is 19.1. The van der Waals surface area contributed by atoms with E-state index in [-0.39, 0.29) is 11.0 Å². The van der Waals surface area contributed by atoms with E-state index >= 15 is 0 Å². The molecule has 5 heteroatoms. The summed E-state index contributed by atoms with van der Waals surface area (Å²) in [7, 11) is 2.10. The second-order valence-electron chi connectivity index (χ2n) is 7.73. The molecule has 5 nitrogen and oxygen atoms in total. The number of aromatic nitrogens is 3. The lowest BCUT2D eigenvalue weighted by atomic mass is 9.86. The highest BCUT2D eigenvalue weighted by molar-refractivity contribution is 5.08.